The smallest absolute Gasteiger partial charge is 0.149 e. The van der Waals surface area contributed by atoms with E-state index >= 15 is 0 Å². The first kappa shape index (κ1) is 9.40. The van der Waals surface area contributed by atoms with Gasteiger partial charge in [-0.2, -0.15) is 0 Å². The SMILES string of the molecule is FC1CNCCC1Oc1cccnc1. The van der Waals surface area contributed by atoms with Crippen molar-refractivity contribution < 1.29 is 9.13 Å². The van der Waals surface area contributed by atoms with Gasteiger partial charge in [-0.15, -0.1) is 0 Å². The van der Waals surface area contributed by atoms with Crippen LogP contribution in [-0.4, -0.2) is 30.3 Å². The highest BCUT2D eigenvalue weighted by atomic mass is 19.1. The Bertz CT molecular complexity index is 281. The number of pyridine rings is 1. The first-order valence-electron chi connectivity index (χ1n) is 4.78. The third kappa shape index (κ3) is 2.20. The molecular formula is C10H13FN2O. The monoisotopic (exact) mass is 196 g/mol. The number of hydrogen-bond acceptors (Lipinski definition) is 3. The summed E-state index contributed by atoms with van der Waals surface area (Å²) in [6, 6.07) is 3.57. The lowest BCUT2D eigenvalue weighted by Gasteiger charge is -2.27. The minimum Gasteiger partial charge on any atom is -0.486 e. The number of alkyl halides is 1. The van der Waals surface area contributed by atoms with E-state index in [1.165, 1.54) is 0 Å². The van der Waals surface area contributed by atoms with Gasteiger partial charge in [0.05, 0.1) is 6.20 Å². The summed E-state index contributed by atoms with van der Waals surface area (Å²) < 4.78 is 18.8. The fourth-order valence-electron chi connectivity index (χ4n) is 1.52. The molecule has 1 fully saturated rings. The van der Waals surface area contributed by atoms with E-state index in [0.29, 0.717) is 18.7 Å². The topological polar surface area (TPSA) is 34.1 Å². The molecule has 0 amide bonds. The van der Waals surface area contributed by atoms with Crippen molar-refractivity contribution in [2.75, 3.05) is 13.1 Å². The number of hydrogen-bond donors (Lipinski definition) is 1. The molecule has 2 unspecified atom stereocenters. The van der Waals surface area contributed by atoms with Gasteiger partial charge in [0.15, 0.2) is 0 Å². The summed E-state index contributed by atoms with van der Waals surface area (Å²) in [5.41, 5.74) is 0. The summed E-state index contributed by atoms with van der Waals surface area (Å²) in [7, 11) is 0. The van der Waals surface area contributed by atoms with E-state index in [9.17, 15) is 4.39 Å². The van der Waals surface area contributed by atoms with E-state index in [0.717, 1.165) is 6.54 Å². The number of halogens is 1. The standard InChI is InChI=1S/C10H13FN2O/c11-9-7-13-5-3-10(9)14-8-2-1-4-12-6-8/h1-2,4,6,9-10,13H,3,5,7H2. The van der Waals surface area contributed by atoms with Gasteiger partial charge in [0, 0.05) is 12.7 Å². The molecular weight excluding hydrogens is 183 g/mol. The molecule has 0 bridgehead atoms. The van der Waals surface area contributed by atoms with Crippen LogP contribution in [0.5, 0.6) is 5.75 Å². The van der Waals surface area contributed by atoms with Gasteiger partial charge in [-0.05, 0) is 25.1 Å². The molecule has 1 aromatic heterocycles. The van der Waals surface area contributed by atoms with Gasteiger partial charge in [0.25, 0.3) is 0 Å². The van der Waals surface area contributed by atoms with E-state index in [1.807, 2.05) is 0 Å². The molecule has 76 valence electrons. The summed E-state index contributed by atoms with van der Waals surface area (Å²) in [4.78, 5) is 3.91. The van der Waals surface area contributed by atoms with Crippen molar-refractivity contribution in [2.24, 2.45) is 0 Å². The second-order valence-electron chi connectivity index (χ2n) is 3.35. The van der Waals surface area contributed by atoms with Crippen LogP contribution in [0.2, 0.25) is 0 Å². The van der Waals surface area contributed by atoms with Gasteiger partial charge < -0.3 is 10.1 Å². The highest BCUT2D eigenvalue weighted by Crippen LogP contribution is 2.16. The van der Waals surface area contributed by atoms with Crippen LogP contribution >= 0.6 is 0 Å². The third-order valence-electron chi connectivity index (χ3n) is 2.27. The Balaban J connectivity index is 1.96. The zero-order valence-corrected chi connectivity index (χ0v) is 7.82. The largest absolute Gasteiger partial charge is 0.486 e. The van der Waals surface area contributed by atoms with E-state index in [2.05, 4.69) is 10.3 Å². The molecule has 14 heavy (non-hydrogen) atoms. The maximum atomic E-state index is 13.3. The molecule has 1 saturated heterocycles. The van der Waals surface area contributed by atoms with Crippen LogP contribution in [0.15, 0.2) is 24.5 Å². The number of nitrogens with one attached hydrogen (secondary N) is 1. The van der Waals surface area contributed by atoms with Crippen LogP contribution in [0.25, 0.3) is 0 Å². The zero-order valence-electron chi connectivity index (χ0n) is 7.82. The fraction of sp³-hybridized carbons (Fsp3) is 0.500. The Labute approximate surface area is 82.3 Å². The molecule has 2 rings (SSSR count). The molecule has 0 aromatic carbocycles. The van der Waals surface area contributed by atoms with Crippen molar-refractivity contribution in [2.45, 2.75) is 18.7 Å². The first-order chi connectivity index (χ1) is 6.86. The van der Waals surface area contributed by atoms with Crippen molar-refractivity contribution in [1.29, 1.82) is 0 Å². The van der Waals surface area contributed by atoms with E-state index in [4.69, 9.17) is 4.74 Å². The fourth-order valence-corrected chi connectivity index (χ4v) is 1.52. The quantitative estimate of drug-likeness (QED) is 0.770. The van der Waals surface area contributed by atoms with Crippen LogP contribution in [0.1, 0.15) is 6.42 Å². The minimum atomic E-state index is -0.927. The summed E-state index contributed by atoms with van der Waals surface area (Å²) in [6.07, 6.45) is 2.72. The van der Waals surface area contributed by atoms with Crippen LogP contribution in [0, 0.1) is 0 Å². The average molecular weight is 196 g/mol. The van der Waals surface area contributed by atoms with Gasteiger partial charge in [-0.1, -0.05) is 0 Å². The van der Waals surface area contributed by atoms with Crippen molar-refractivity contribution in [3.63, 3.8) is 0 Å². The van der Waals surface area contributed by atoms with Gasteiger partial charge in [-0.3, -0.25) is 4.98 Å². The Morgan fingerprint density at radius 3 is 3.21 bits per heavy atom. The molecule has 0 saturated carbocycles. The average Bonchev–Trinajstić information content (AvgIpc) is 2.23. The molecule has 0 spiro atoms. The maximum absolute atomic E-state index is 13.3. The van der Waals surface area contributed by atoms with Gasteiger partial charge in [0.1, 0.15) is 18.0 Å². The number of ether oxygens (including phenoxy) is 1. The third-order valence-corrected chi connectivity index (χ3v) is 2.27. The maximum Gasteiger partial charge on any atom is 0.149 e. The summed E-state index contributed by atoms with van der Waals surface area (Å²) >= 11 is 0. The minimum absolute atomic E-state index is 0.333. The molecule has 3 nitrogen and oxygen atoms in total. The number of piperidine rings is 1. The number of rotatable bonds is 2. The lowest BCUT2D eigenvalue weighted by Crippen LogP contribution is -2.44. The highest BCUT2D eigenvalue weighted by molar-refractivity contribution is 5.16. The van der Waals surface area contributed by atoms with E-state index < -0.39 is 6.17 Å². The second-order valence-corrected chi connectivity index (χ2v) is 3.35. The van der Waals surface area contributed by atoms with Crippen LogP contribution in [0.3, 0.4) is 0 Å². The first-order valence-corrected chi connectivity index (χ1v) is 4.78. The van der Waals surface area contributed by atoms with Crippen molar-refractivity contribution in [1.82, 2.24) is 10.3 Å². The normalized spacial score (nSPS) is 27.2. The molecule has 1 aromatic rings. The van der Waals surface area contributed by atoms with Crippen LogP contribution in [0.4, 0.5) is 4.39 Å². The lowest BCUT2D eigenvalue weighted by molar-refractivity contribution is 0.0728. The van der Waals surface area contributed by atoms with Crippen molar-refractivity contribution in [3.8, 4) is 5.75 Å². The Morgan fingerprint density at radius 1 is 1.57 bits per heavy atom. The van der Waals surface area contributed by atoms with Gasteiger partial charge in [-0.25, -0.2) is 4.39 Å². The Hall–Kier alpha value is -1.16. The van der Waals surface area contributed by atoms with Crippen LogP contribution in [-0.2, 0) is 0 Å². The molecule has 0 radical (unpaired) electrons. The summed E-state index contributed by atoms with van der Waals surface area (Å²) in [5.74, 6) is 0.641. The predicted molar refractivity (Wildman–Crippen MR) is 51.0 cm³/mol. The molecule has 2 heterocycles. The molecule has 2 atom stereocenters. The Kier molecular flexibility index (Phi) is 2.93. The van der Waals surface area contributed by atoms with Gasteiger partial charge >= 0.3 is 0 Å². The van der Waals surface area contributed by atoms with E-state index in [-0.39, 0.29) is 6.10 Å². The summed E-state index contributed by atoms with van der Waals surface area (Å²) in [5, 5.41) is 2.98. The van der Waals surface area contributed by atoms with Gasteiger partial charge in [0.2, 0.25) is 0 Å². The highest BCUT2D eigenvalue weighted by Gasteiger charge is 2.25. The van der Waals surface area contributed by atoms with E-state index in [1.54, 1.807) is 24.5 Å². The van der Waals surface area contributed by atoms with Crippen molar-refractivity contribution in [3.05, 3.63) is 24.5 Å². The second kappa shape index (κ2) is 4.37. The molecule has 1 aliphatic rings. The van der Waals surface area contributed by atoms with Crippen LogP contribution < -0.4 is 10.1 Å². The molecule has 0 aliphatic carbocycles. The molecule has 1 N–H and O–H groups in total. The number of nitrogens with zero attached hydrogens (tertiary/aromatic N) is 1. The zero-order chi connectivity index (χ0) is 9.80. The summed E-state index contributed by atoms with van der Waals surface area (Å²) in [6.45, 7) is 1.19. The molecule has 1 aliphatic heterocycles. The molecule has 4 heteroatoms. The number of aromatic nitrogens is 1. The predicted octanol–water partition coefficient (Wildman–Crippen LogP) is 1.16. The Morgan fingerprint density at radius 2 is 2.50 bits per heavy atom. The van der Waals surface area contributed by atoms with Crippen molar-refractivity contribution >= 4 is 0 Å². The lowest BCUT2D eigenvalue weighted by atomic mass is 10.1.